The van der Waals surface area contributed by atoms with E-state index in [1.165, 1.54) is 0 Å². The van der Waals surface area contributed by atoms with Gasteiger partial charge in [-0.25, -0.2) is 4.79 Å². The lowest BCUT2D eigenvalue weighted by molar-refractivity contribution is -0.154. The molecule has 7 nitrogen and oxygen atoms in total. The Bertz CT molecular complexity index is 577. The minimum Gasteiger partial charge on any atom is -0.484 e. The van der Waals surface area contributed by atoms with Gasteiger partial charge in [-0.15, -0.1) is 0 Å². The van der Waals surface area contributed by atoms with E-state index < -0.39 is 17.9 Å². The zero-order chi connectivity index (χ0) is 15.4. The summed E-state index contributed by atoms with van der Waals surface area (Å²) in [5, 5.41) is 11.5. The fourth-order valence-corrected chi connectivity index (χ4v) is 2.29. The number of rotatable bonds is 4. The summed E-state index contributed by atoms with van der Waals surface area (Å²) in [7, 11) is 0. The van der Waals surface area contributed by atoms with Gasteiger partial charge in [0, 0.05) is 11.0 Å². The molecule has 0 aliphatic carbocycles. The van der Waals surface area contributed by atoms with Gasteiger partial charge in [0.15, 0.2) is 6.61 Å². The Balaban J connectivity index is 2.00. The maximum atomic E-state index is 12.1. The minimum atomic E-state index is -1.16. The number of carboxylic acids is 1. The summed E-state index contributed by atoms with van der Waals surface area (Å²) in [6, 6.07) is 5.85. The van der Waals surface area contributed by atoms with Crippen molar-refractivity contribution in [2.24, 2.45) is 0 Å². The number of nitrogens with zero attached hydrogens (tertiary/aromatic N) is 1. The number of ether oxygens (including phenoxy) is 1. The third-order valence-electron chi connectivity index (χ3n) is 2.95. The van der Waals surface area contributed by atoms with E-state index in [-0.39, 0.29) is 25.6 Å². The Kier molecular flexibility index (Phi) is 4.79. The molecular weight excluding hydrogens is 344 g/mol. The Labute approximate surface area is 129 Å². The first-order chi connectivity index (χ1) is 9.97. The van der Waals surface area contributed by atoms with Gasteiger partial charge in [0.25, 0.3) is 5.91 Å². The fraction of sp³-hybridized carbons (Fsp3) is 0.308. The van der Waals surface area contributed by atoms with E-state index in [0.29, 0.717) is 5.75 Å². The maximum absolute atomic E-state index is 12.1. The number of halogens is 1. The highest BCUT2D eigenvalue weighted by Gasteiger charge is 2.35. The quantitative estimate of drug-likeness (QED) is 0.805. The van der Waals surface area contributed by atoms with Crippen LogP contribution in [0.25, 0.3) is 0 Å². The van der Waals surface area contributed by atoms with Gasteiger partial charge in [-0.2, -0.15) is 0 Å². The van der Waals surface area contributed by atoms with Crippen molar-refractivity contribution in [2.75, 3.05) is 19.7 Å². The number of nitrogens with one attached hydrogen (secondary N) is 1. The summed E-state index contributed by atoms with van der Waals surface area (Å²) < 4.78 is 6.12. The average molecular weight is 357 g/mol. The topological polar surface area (TPSA) is 95.9 Å². The van der Waals surface area contributed by atoms with Crippen molar-refractivity contribution in [3.63, 3.8) is 0 Å². The van der Waals surface area contributed by atoms with Gasteiger partial charge in [0.05, 0.1) is 0 Å². The Hall–Kier alpha value is -2.09. The maximum Gasteiger partial charge on any atom is 0.328 e. The SMILES string of the molecule is O=C1CN(C(=O)COc2cccc(Br)c2)C(C(=O)O)CN1. The molecule has 1 atom stereocenters. The normalized spacial score (nSPS) is 18.0. The lowest BCUT2D eigenvalue weighted by Gasteiger charge is -2.32. The average Bonchev–Trinajstić information content (AvgIpc) is 2.44. The van der Waals surface area contributed by atoms with Crippen LogP contribution in [0, 0.1) is 0 Å². The monoisotopic (exact) mass is 356 g/mol. The highest BCUT2D eigenvalue weighted by molar-refractivity contribution is 9.10. The number of piperazine rings is 1. The van der Waals surface area contributed by atoms with E-state index in [1.54, 1.807) is 18.2 Å². The summed E-state index contributed by atoms with van der Waals surface area (Å²) >= 11 is 3.28. The predicted molar refractivity (Wildman–Crippen MR) is 75.8 cm³/mol. The van der Waals surface area contributed by atoms with Crippen LogP contribution in [0.4, 0.5) is 0 Å². The van der Waals surface area contributed by atoms with E-state index in [0.717, 1.165) is 9.37 Å². The molecule has 1 aliphatic rings. The summed E-state index contributed by atoms with van der Waals surface area (Å²) in [6.45, 7) is -0.706. The fourth-order valence-electron chi connectivity index (χ4n) is 1.91. The first kappa shape index (κ1) is 15.3. The van der Waals surface area contributed by atoms with E-state index in [4.69, 9.17) is 9.84 Å². The summed E-state index contributed by atoms with van der Waals surface area (Å²) in [4.78, 5) is 35.5. The van der Waals surface area contributed by atoms with Gasteiger partial charge in [0.2, 0.25) is 5.91 Å². The third-order valence-corrected chi connectivity index (χ3v) is 3.44. The first-order valence-electron chi connectivity index (χ1n) is 6.14. The summed E-state index contributed by atoms with van der Waals surface area (Å²) in [5.74, 6) is -1.61. The molecule has 1 aromatic carbocycles. The Morgan fingerprint density at radius 1 is 1.48 bits per heavy atom. The molecule has 0 saturated carbocycles. The van der Waals surface area contributed by atoms with E-state index >= 15 is 0 Å². The van der Waals surface area contributed by atoms with Crippen LogP contribution in [-0.4, -0.2) is 53.5 Å². The van der Waals surface area contributed by atoms with Crippen molar-refractivity contribution in [1.29, 1.82) is 0 Å². The van der Waals surface area contributed by atoms with Gasteiger partial charge in [-0.05, 0) is 18.2 Å². The molecule has 1 fully saturated rings. The Morgan fingerprint density at radius 2 is 2.24 bits per heavy atom. The van der Waals surface area contributed by atoms with Crippen molar-refractivity contribution >= 4 is 33.7 Å². The van der Waals surface area contributed by atoms with Crippen LogP contribution < -0.4 is 10.1 Å². The molecule has 0 spiro atoms. The minimum absolute atomic E-state index is 0.100. The second-order valence-electron chi connectivity index (χ2n) is 4.43. The van der Waals surface area contributed by atoms with Crippen molar-refractivity contribution in [2.45, 2.75) is 6.04 Å². The molecule has 0 aromatic heterocycles. The number of carboxylic acid groups (broad SMARTS) is 1. The zero-order valence-corrected chi connectivity index (χ0v) is 12.5. The van der Waals surface area contributed by atoms with Crippen LogP contribution >= 0.6 is 15.9 Å². The molecule has 1 heterocycles. The van der Waals surface area contributed by atoms with Crippen LogP contribution in [-0.2, 0) is 14.4 Å². The molecule has 21 heavy (non-hydrogen) atoms. The highest BCUT2D eigenvalue weighted by atomic mass is 79.9. The molecular formula is C13H13BrN2O5. The van der Waals surface area contributed by atoms with Crippen LogP contribution in [0.2, 0.25) is 0 Å². The standard InChI is InChI=1S/C13H13BrN2O5/c14-8-2-1-3-9(4-8)21-7-12(18)16-6-11(17)15-5-10(16)13(19)20/h1-4,10H,5-7H2,(H,15,17)(H,19,20). The molecule has 1 saturated heterocycles. The van der Waals surface area contributed by atoms with Crippen molar-refractivity contribution in [1.82, 2.24) is 10.2 Å². The smallest absolute Gasteiger partial charge is 0.328 e. The molecule has 0 radical (unpaired) electrons. The second kappa shape index (κ2) is 6.57. The largest absolute Gasteiger partial charge is 0.484 e. The van der Waals surface area contributed by atoms with E-state index in [9.17, 15) is 14.4 Å². The van der Waals surface area contributed by atoms with Crippen molar-refractivity contribution in [3.05, 3.63) is 28.7 Å². The molecule has 1 aliphatic heterocycles. The van der Waals surface area contributed by atoms with E-state index in [1.807, 2.05) is 6.07 Å². The number of hydrogen-bond acceptors (Lipinski definition) is 4. The molecule has 2 amide bonds. The van der Waals surface area contributed by atoms with Crippen LogP contribution in [0.1, 0.15) is 0 Å². The summed E-state index contributed by atoms with van der Waals surface area (Å²) in [5.41, 5.74) is 0. The molecule has 0 bridgehead atoms. The number of hydrogen-bond donors (Lipinski definition) is 2. The Morgan fingerprint density at radius 3 is 2.90 bits per heavy atom. The second-order valence-corrected chi connectivity index (χ2v) is 5.34. The van der Waals surface area contributed by atoms with Gasteiger partial charge in [0.1, 0.15) is 18.3 Å². The molecule has 1 aromatic rings. The predicted octanol–water partition coefficient (Wildman–Crippen LogP) is 0.240. The van der Waals surface area contributed by atoms with Gasteiger partial charge >= 0.3 is 5.97 Å². The van der Waals surface area contributed by atoms with Crippen molar-refractivity contribution < 1.29 is 24.2 Å². The van der Waals surface area contributed by atoms with Gasteiger partial charge in [-0.1, -0.05) is 22.0 Å². The van der Waals surface area contributed by atoms with Crippen LogP contribution in [0.3, 0.4) is 0 Å². The van der Waals surface area contributed by atoms with Crippen LogP contribution in [0.5, 0.6) is 5.75 Å². The number of amides is 2. The van der Waals surface area contributed by atoms with Crippen molar-refractivity contribution in [3.8, 4) is 5.75 Å². The summed E-state index contributed by atoms with van der Waals surface area (Å²) in [6.07, 6.45) is 0. The molecule has 1 unspecified atom stereocenters. The lowest BCUT2D eigenvalue weighted by atomic mass is 10.2. The number of carbonyl (C=O) groups excluding carboxylic acids is 2. The molecule has 8 heteroatoms. The third kappa shape index (κ3) is 3.94. The lowest BCUT2D eigenvalue weighted by Crippen LogP contribution is -2.60. The molecule has 2 N–H and O–H groups in total. The first-order valence-corrected chi connectivity index (χ1v) is 6.94. The zero-order valence-electron chi connectivity index (χ0n) is 10.9. The molecule has 2 rings (SSSR count). The number of carbonyl (C=O) groups is 3. The highest BCUT2D eigenvalue weighted by Crippen LogP contribution is 2.18. The van der Waals surface area contributed by atoms with Gasteiger partial charge in [-0.3, -0.25) is 9.59 Å². The van der Waals surface area contributed by atoms with Gasteiger partial charge < -0.3 is 20.1 Å². The van der Waals surface area contributed by atoms with E-state index in [2.05, 4.69) is 21.2 Å². The number of benzene rings is 1. The molecule has 112 valence electrons. The van der Waals surface area contributed by atoms with Crippen LogP contribution in [0.15, 0.2) is 28.7 Å². The number of aliphatic carboxylic acids is 1.